The van der Waals surface area contributed by atoms with Gasteiger partial charge in [-0.05, 0) is 42.8 Å². The average Bonchev–Trinajstić information content (AvgIpc) is 3.08. The van der Waals surface area contributed by atoms with Gasteiger partial charge in [-0.15, -0.1) is 11.3 Å². The van der Waals surface area contributed by atoms with Gasteiger partial charge in [0.15, 0.2) is 0 Å². The van der Waals surface area contributed by atoms with Crippen molar-refractivity contribution < 1.29 is 17.6 Å². The van der Waals surface area contributed by atoms with Crippen molar-refractivity contribution in [1.82, 2.24) is 0 Å². The number of anilines is 2. The van der Waals surface area contributed by atoms with E-state index in [0.29, 0.717) is 5.69 Å². The second-order valence-electron chi connectivity index (χ2n) is 5.53. The Bertz CT molecular complexity index is 1060. The molecule has 3 aromatic rings. The van der Waals surface area contributed by atoms with Crippen LogP contribution in [0.5, 0.6) is 0 Å². The summed E-state index contributed by atoms with van der Waals surface area (Å²) in [5, 5.41) is 4.12. The molecule has 26 heavy (non-hydrogen) atoms. The van der Waals surface area contributed by atoms with Crippen molar-refractivity contribution in [2.45, 2.75) is 11.8 Å². The molecule has 0 radical (unpaired) electrons. The Labute approximate surface area is 154 Å². The van der Waals surface area contributed by atoms with Gasteiger partial charge >= 0.3 is 0 Å². The number of para-hydroxylation sites is 1. The van der Waals surface area contributed by atoms with Gasteiger partial charge in [0.25, 0.3) is 15.9 Å². The summed E-state index contributed by atoms with van der Waals surface area (Å²) in [6.07, 6.45) is 0. The molecule has 0 fully saturated rings. The zero-order chi connectivity index (χ0) is 18.7. The van der Waals surface area contributed by atoms with Gasteiger partial charge in [0.2, 0.25) is 0 Å². The van der Waals surface area contributed by atoms with Gasteiger partial charge in [-0.1, -0.05) is 24.3 Å². The van der Waals surface area contributed by atoms with E-state index in [-0.39, 0.29) is 15.5 Å². The second-order valence-corrected chi connectivity index (χ2v) is 8.13. The first-order valence-electron chi connectivity index (χ1n) is 7.59. The second kappa shape index (κ2) is 7.27. The van der Waals surface area contributed by atoms with Gasteiger partial charge in [-0.3, -0.25) is 9.52 Å². The normalized spacial score (nSPS) is 11.2. The summed E-state index contributed by atoms with van der Waals surface area (Å²) in [7, 11) is -3.91. The zero-order valence-corrected chi connectivity index (χ0v) is 15.3. The quantitative estimate of drug-likeness (QED) is 0.684. The summed E-state index contributed by atoms with van der Waals surface area (Å²) >= 11 is 1.02. The highest BCUT2D eigenvalue weighted by molar-refractivity contribution is 7.92. The average molecular weight is 390 g/mol. The molecule has 0 aliphatic rings. The first kappa shape index (κ1) is 18.1. The minimum absolute atomic E-state index is 0.0540. The van der Waals surface area contributed by atoms with Crippen LogP contribution in [0.15, 0.2) is 64.9 Å². The summed E-state index contributed by atoms with van der Waals surface area (Å²) in [4.78, 5) is 12.5. The molecule has 0 unspecified atom stereocenters. The number of rotatable bonds is 5. The summed E-state index contributed by atoms with van der Waals surface area (Å²) in [6, 6.07) is 13.7. The summed E-state index contributed by atoms with van der Waals surface area (Å²) < 4.78 is 40.3. The van der Waals surface area contributed by atoms with Crippen LogP contribution in [-0.4, -0.2) is 14.3 Å². The molecule has 0 spiro atoms. The zero-order valence-electron chi connectivity index (χ0n) is 13.7. The fraction of sp³-hybridized carbons (Fsp3) is 0.0556. The van der Waals surface area contributed by atoms with Gasteiger partial charge in [0.05, 0.1) is 15.5 Å². The highest BCUT2D eigenvalue weighted by atomic mass is 32.2. The molecule has 2 N–H and O–H groups in total. The van der Waals surface area contributed by atoms with E-state index < -0.39 is 21.7 Å². The van der Waals surface area contributed by atoms with Crippen LogP contribution in [0.2, 0.25) is 0 Å². The number of amides is 1. The molecular formula is C18H15FN2O3S2. The first-order valence-corrected chi connectivity index (χ1v) is 9.95. The third-order valence-corrected chi connectivity index (χ3v) is 6.02. The lowest BCUT2D eigenvalue weighted by molar-refractivity contribution is 0.103. The molecule has 1 heterocycles. The Morgan fingerprint density at radius 2 is 1.85 bits per heavy atom. The lowest BCUT2D eigenvalue weighted by atomic mass is 10.2. The van der Waals surface area contributed by atoms with E-state index in [1.807, 2.05) is 19.1 Å². The molecule has 8 heteroatoms. The molecule has 134 valence electrons. The molecule has 1 amide bonds. The molecule has 0 saturated heterocycles. The number of hydrogen-bond acceptors (Lipinski definition) is 4. The number of hydrogen-bond donors (Lipinski definition) is 2. The number of carbonyl (C=O) groups is 1. The molecule has 0 atom stereocenters. The minimum Gasteiger partial charge on any atom is -0.321 e. The molecular weight excluding hydrogens is 375 g/mol. The Morgan fingerprint density at radius 3 is 2.58 bits per heavy atom. The summed E-state index contributed by atoms with van der Waals surface area (Å²) in [5.41, 5.74) is 1.67. The van der Waals surface area contributed by atoms with Gasteiger partial charge in [0, 0.05) is 11.1 Å². The maximum absolute atomic E-state index is 13.2. The summed E-state index contributed by atoms with van der Waals surface area (Å²) in [6.45, 7) is 1.86. The van der Waals surface area contributed by atoms with Crippen LogP contribution in [0.3, 0.4) is 0 Å². The lowest BCUT2D eigenvalue weighted by Crippen LogP contribution is -2.13. The van der Waals surface area contributed by atoms with Crippen molar-refractivity contribution in [2.24, 2.45) is 0 Å². The van der Waals surface area contributed by atoms with E-state index in [4.69, 9.17) is 0 Å². The van der Waals surface area contributed by atoms with Crippen molar-refractivity contribution in [3.8, 4) is 0 Å². The smallest absolute Gasteiger partial charge is 0.265 e. The number of thiophene rings is 1. The van der Waals surface area contributed by atoms with Crippen LogP contribution in [0.4, 0.5) is 15.8 Å². The maximum Gasteiger partial charge on any atom is 0.265 e. The molecule has 3 rings (SSSR count). The van der Waals surface area contributed by atoms with E-state index in [9.17, 15) is 17.6 Å². The van der Waals surface area contributed by atoms with Crippen LogP contribution in [-0.2, 0) is 10.0 Å². The van der Waals surface area contributed by atoms with Crippen molar-refractivity contribution >= 4 is 38.6 Å². The Morgan fingerprint density at radius 1 is 1.08 bits per heavy atom. The standard InChI is InChI=1S/C18H15FN2O3S2/c1-12-5-2-3-8-16(12)20-18(22)17-10-15(11-25-17)26(23,24)21-14-7-4-6-13(19)9-14/h2-11,21H,1H3,(H,20,22). The fourth-order valence-electron chi connectivity index (χ4n) is 2.24. The number of carbonyl (C=O) groups excluding carboxylic acids is 1. The van der Waals surface area contributed by atoms with Crippen molar-refractivity contribution in [1.29, 1.82) is 0 Å². The Balaban J connectivity index is 1.78. The highest BCUT2D eigenvalue weighted by Gasteiger charge is 2.19. The predicted octanol–water partition coefficient (Wildman–Crippen LogP) is 4.25. The van der Waals surface area contributed by atoms with Crippen LogP contribution in [0, 0.1) is 12.7 Å². The Kier molecular flexibility index (Phi) is 5.06. The molecule has 0 saturated carbocycles. The molecule has 2 aromatic carbocycles. The topological polar surface area (TPSA) is 75.3 Å². The van der Waals surface area contributed by atoms with Crippen molar-refractivity contribution in [3.63, 3.8) is 0 Å². The van der Waals surface area contributed by atoms with E-state index >= 15 is 0 Å². The molecule has 5 nitrogen and oxygen atoms in total. The van der Waals surface area contributed by atoms with Gasteiger partial charge in [-0.25, -0.2) is 12.8 Å². The van der Waals surface area contributed by atoms with Gasteiger partial charge in [-0.2, -0.15) is 0 Å². The highest BCUT2D eigenvalue weighted by Crippen LogP contribution is 2.24. The van der Waals surface area contributed by atoms with Gasteiger partial charge < -0.3 is 5.32 Å². The number of sulfonamides is 1. The van der Waals surface area contributed by atoms with Crippen molar-refractivity contribution in [3.05, 3.63) is 76.2 Å². The third-order valence-electron chi connectivity index (χ3n) is 3.58. The maximum atomic E-state index is 13.2. The van der Waals surface area contributed by atoms with Crippen molar-refractivity contribution in [2.75, 3.05) is 10.0 Å². The lowest BCUT2D eigenvalue weighted by Gasteiger charge is -2.07. The van der Waals surface area contributed by atoms with E-state index in [2.05, 4.69) is 10.0 Å². The molecule has 0 aliphatic heterocycles. The number of halogens is 1. The molecule has 0 aliphatic carbocycles. The SMILES string of the molecule is Cc1ccccc1NC(=O)c1cc(S(=O)(=O)Nc2cccc(F)c2)cs1. The third kappa shape index (κ3) is 4.09. The summed E-state index contributed by atoms with van der Waals surface area (Å²) in [5.74, 6) is -0.940. The monoisotopic (exact) mass is 390 g/mol. The minimum atomic E-state index is -3.91. The predicted molar refractivity (Wildman–Crippen MR) is 101 cm³/mol. The fourth-order valence-corrected chi connectivity index (χ4v) is 4.46. The first-order chi connectivity index (χ1) is 12.3. The molecule has 1 aromatic heterocycles. The van der Waals surface area contributed by atoms with Gasteiger partial charge in [0.1, 0.15) is 5.82 Å². The number of aryl methyl sites for hydroxylation is 1. The van der Waals surface area contributed by atoms with Crippen LogP contribution >= 0.6 is 11.3 Å². The van der Waals surface area contributed by atoms with Crippen LogP contribution in [0.25, 0.3) is 0 Å². The molecule has 0 bridgehead atoms. The largest absolute Gasteiger partial charge is 0.321 e. The number of nitrogens with one attached hydrogen (secondary N) is 2. The van der Waals surface area contributed by atoms with Crippen LogP contribution < -0.4 is 10.0 Å². The van der Waals surface area contributed by atoms with E-state index in [1.54, 1.807) is 12.1 Å². The van der Waals surface area contributed by atoms with E-state index in [1.165, 1.54) is 29.6 Å². The van der Waals surface area contributed by atoms with E-state index in [0.717, 1.165) is 23.0 Å². The Hall–Kier alpha value is -2.71. The van der Waals surface area contributed by atoms with Crippen LogP contribution in [0.1, 0.15) is 15.2 Å². The number of benzene rings is 2.